The van der Waals surface area contributed by atoms with Crippen LogP contribution < -0.4 is 10.1 Å². The number of carbonyl (C=O) groups excluding carboxylic acids is 1. The predicted molar refractivity (Wildman–Crippen MR) is 76.9 cm³/mol. The lowest BCUT2D eigenvalue weighted by Crippen LogP contribution is -2.15. The summed E-state index contributed by atoms with van der Waals surface area (Å²) in [6.45, 7) is 1.64. The fraction of sp³-hybridized carbons (Fsp3) is 0.133. The number of anilines is 1. The first-order chi connectivity index (χ1) is 10.0. The third kappa shape index (κ3) is 3.00. The molecule has 1 aromatic carbocycles. The van der Waals surface area contributed by atoms with Crippen LogP contribution in [-0.4, -0.2) is 29.1 Å². The van der Waals surface area contributed by atoms with Crippen LogP contribution >= 0.6 is 0 Å². The molecule has 0 saturated carbocycles. The van der Waals surface area contributed by atoms with Crippen molar-refractivity contribution < 1.29 is 19.4 Å². The summed E-state index contributed by atoms with van der Waals surface area (Å²) in [7, 11) is 1.45. The van der Waals surface area contributed by atoms with E-state index in [1.165, 1.54) is 31.6 Å². The average Bonchev–Trinajstić information content (AvgIpc) is 2.48. The van der Waals surface area contributed by atoms with Crippen molar-refractivity contribution in [2.24, 2.45) is 0 Å². The number of carboxylic acid groups (broad SMARTS) is 1. The molecule has 1 amide bonds. The van der Waals surface area contributed by atoms with Crippen molar-refractivity contribution >= 4 is 17.6 Å². The van der Waals surface area contributed by atoms with E-state index in [0.29, 0.717) is 22.6 Å². The molecule has 0 aliphatic heterocycles. The minimum Gasteiger partial charge on any atom is -0.494 e. The van der Waals surface area contributed by atoms with Crippen LogP contribution in [-0.2, 0) is 0 Å². The van der Waals surface area contributed by atoms with Gasteiger partial charge in [0.05, 0.1) is 24.4 Å². The van der Waals surface area contributed by atoms with E-state index in [-0.39, 0.29) is 11.5 Å². The fourth-order valence-electron chi connectivity index (χ4n) is 1.92. The average molecular weight is 286 g/mol. The van der Waals surface area contributed by atoms with Gasteiger partial charge >= 0.3 is 5.97 Å². The molecule has 6 nitrogen and oxygen atoms in total. The molecule has 0 bridgehead atoms. The van der Waals surface area contributed by atoms with Gasteiger partial charge in [0, 0.05) is 11.9 Å². The highest BCUT2D eigenvalue weighted by atomic mass is 16.5. The summed E-state index contributed by atoms with van der Waals surface area (Å²) in [6, 6.07) is 6.24. The van der Waals surface area contributed by atoms with E-state index in [4.69, 9.17) is 9.84 Å². The van der Waals surface area contributed by atoms with Crippen LogP contribution in [0.1, 0.15) is 26.3 Å². The number of hydrogen-bond acceptors (Lipinski definition) is 4. The van der Waals surface area contributed by atoms with Crippen LogP contribution in [0.3, 0.4) is 0 Å². The molecule has 1 aromatic heterocycles. The Morgan fingerprint density at radius 1 is 1.24 bits per heavy atom. The molecular formula is C15H14N2O4. The zero-order valence-electron chi connectivity index (χ0n) is 11.6. The van der Waals surface area contributed by atoms with Crippen LogP contribution in [0.25, 0.3) is 0 Å². The SMILES string of the molecule is COc1cnccc1C(=O)Nc1cccc(C(=O)O)c1C. The van der Waals surface area contributed by atoms with Crippen LogP contribution in [0.2, 0.25) is 0 Å². The lowest BCUT2D eigenvalue weighted by Gasteiger charge is -2.12. The lowest BCUT2D eigenvalue weighted by molar-refractivity contribution is 0.0695. The first kappa shape index (κ1) is 14.5. The molecule has 0 atom stereocenters. The van der Waals surface area contributed by atoms with Crippen LogP contribution in [0.5, 0.6) is 5.75 Å². The van der Waals surface area contributed by atoms with Gasteiger partial charge in [0.2, 0.25) is 0 Å². The van der Waals surface area contributed by atoms with Crippen molar-refractivity contribution in [2.75, 3.05) is 12.4 Å². The molecule has 0 saturated heterocycles. The predicted octanol–water partition coefficient (Wildman–Crippen LogP) is 2.35. The molecule has 0 fully saturated rings. The second kappa shape index (κ2) is 6.04. The normalized spacial score (nSPS) is 10.0. The second-order valence-corrected chi connectivity index (χ2v) is 4.31. The van der Waals surface area contributed by atoms with Gasteiger partial charge in [0.1, 0.15) is 5.75 Å². The monoisotopic (exact) mass is 286 g/mol. The Hall–Kier alpha value is -2.89. The number of rotatable bonds is 4. The summed E-state index contributed by atoms with van der Waals surface area (Å²) >= 11 is 0. The summed E-state index contributed by atoms with van der Waals surface area (Å²) in [5.41, 5.74) is 1.41. The van der Waals surface area contributed by atoms with Crippen molar-refractivity contribution in [1.29, 1.82) is 0 Å². The molecule has 0 aliphatic rings. The van der Waals surface area contributed by atoms with E-state index in [1.54, 1.807) is 19.1 Å². The number of carboxylic acids is 1. The number of hydrogen-bond donors (Lipinski definition) is 2. The smallest absolute Gasteiger partial charge is 0.336 e. The quantitative estimate of drug-likeness (QED) is 0.900. The molecule has 0 radical (unpaired) electrons. The van der Waals surface area contributed by atoms with Crippen molar-refractivity contribution in [3.8, 4) is 5.75 Å². The lowest BCUT2D eigenvalue weighted by atomic mass is 10.1. The molecule has 2 rings (SSSR count). The number of ether oxygens (including phenoxy) is 1. The Labute approximate surface area is 121 Å². The van der Waals surface area contributed by atoms with Gasteiger partial charge < -0.3 is 15.2 Å². The zero-order valence-corrected chi connectivity index (χ0v) is 11.6. The maximum absolute atomic E-state index is 12.3. The number of benzene rings is 1. The van der Waals surface area contributed by atoms with Gasteiger partial charge in [-0.25, -0.2) is 4.79 Å². The third-order valence-corrected chi connectivity index (χ3v) is 3.06. The molecule has 1 heterocycles. The molecule has 2 N–H and O–H groups in total. The largest absolute Gasteiger partial charge is 0.494 e. The Morgan fingerprint density at radius 2 is 2.00 bits per heavy atom. The van der Waals surface area contributed by atoms with Crippen molar-refractivity contribution in [1.82, 2.24) is 4.98 Å². The van der Waals surface area contributed by atoms with Gasteiger partial charge in [0.15, 0.2) is 0 Å². The van der Waals surface area contributed by atoms with E-state index in [2.05, 4.69) is 10.3 Å². The molecule has 108 valence electrons. The van der Waals surface area contributed by atoms with E-state index in [0.717, 1.165) is 0 Å². The summed E-state index contributed by atoms with van der Waals surface area (Å²) in [5.74, 6) is -1.08. The summed E-state index contributed by atoms with van der Waals surface area (Å²) in [4.78, 5) is 27.2. The van der Waals surface area contributed by atoms with E-state index < -0.39 is 5.97 Å². The topological polar surface area (TPSA) is 88.5 Å². The Balaban J connectivity index is 2.32. The molecule has 0 aliphatic carbocycles. The number of methoxy groups -OCH3 is 1. The Kier molecular flexibility index (Phi) is 4.18. The van der Waals surface area contributed by atoms with Gasteiger partial charge in [-0.05, 0) is 30.7 Å². The van der Waals surface area contributed by atoms with Crippen LogP contribution in [0.15, 0.2) is 36.7 Å². The van der Waals surface area contributed by atoms with Crippen LogP contribution in [0, 0.1) is 6.92 Å². The Morgan fingerprint density at radius 3 is 2.67 bits per heavy atom. The minimum atomic E-state index is -1.04. The number of amides is 1. The maximum Gasteiger partial charge on any atom is 0.336 e. The summed E-state index contributed by atoms with van der Waals surface area (Å²) in [6.07, 6.45) is 2.92. The van der Waals surface area contributed by atoms with Crippen LogP contribution in [0.4, 0.5) is 5.69 Å². The van der Waals surface area contributed by atoms with E-state index >= 15 is 0 Å². The first-order valence-corrected chi connectivity index (χ1v) is 6.17. The summed E-state index contributed by atoms with van der Waals surface area (Å²) in [5, 5.41) is 11.8. The van der Waals surface area contributed by atoms with Gasteiger partial charge in [-0.2, -0.15) is 0 Å². The van der Waals surface area contributed by atoms with E-state index in [9.17, 15) is 9.59 Å². The number of nitrogens with one attached hydrogen (secondary N) is 1. The van der Waals surface area contributed by atoms with Gasteiger partial charge in [-0.15, -0.1) is 0 Å². The van der Waals surface area contributed by atoms with Crippen molar-refractivity contribution in [2.45, 2.75) is 6.92 Å². The van der Waals surface area contributed by atoms with Gasteiger partial charge in [-0.3, -0.25) is 9.78 Å². The molecular weight excluding hydrogens is 272 g/mol. The minimum absolute atomic E-state index is 0.148. The fourth-order valence-corrected chi connectivity index (χ4v) is 1.92. The van der Waals surface area contributed by atoms with E-state index in [1.807, 2.05) is 0 Å². The number of pyridine rings is 1. The molecule has 0 spiro atoms. The highest BCUT2D eigenvalue weighted by Crippen LogP contribution is 2.22. The standard InChI is InChI=1S/C15H14N2O4/c1-9-10(15(19)20)4-3-5-12(9)17-14(18)11-6-7-16-8-13(11)21-2/h3-8H,1-2H3,(H,17,18)(H,19,20). The van der Waals surface area contributed by atoms with Gasteiger partial charge in [0.25, 0.3) is 5.91 Å². The number of aromatic nitrogens is 1. The zero-order chi connectivity index (χ0) is 15.4. The highest BCUT2D eigenvalue weighted by molar-refractivity contribution is 6.07. The number of nitrogens with zero attached hydrogens (tertiary/aromatic N) is 1. The second-order valence-electron chi connectivity index (χ2n) is 4.31. The van der Waals surface area contributed by atoms with Crippen molar-refractivity contribution in [3.63, 3.8) is 0 Å². The molecule has 21 heavy (non-hydrogen) atoms. The number of carbonyl (C=O) groups is 2. The number of aromatic carboxylic acids is 1. The summed E-state index contributed by atoms with van der Waals surface area (Å²) < 4.78 is 5.08. The molecule has 0 unspecified atom stereocenters. The Bertz CT molecular complexity index is 698. The third-order valence-electron chi connectivity index (χ3n) is 3.06. The highest BCUT2D eigenvalue weighted by Gasteiger charge is 2.15. The van der Waals surface area contributed by atoms with Gasteiger partial charge in [-0.1, -0.05) is 6.07 Å². The maximum atomic E-state index is 12.3. The first-order valence-electron chi connectivity index (χ1n) is 6.17. The molecule has 6 heteroatoms. The van der Waals surface area contributed by atoms with Crippen molar-refractivity contribution in [3.05, 3.63) is 53.3 Å². The molecule has 2 aromatic rings.